The highest BCUT2D eigenvalue weighted by molar-refractivity contribution is 6.33. The highest BCUT2D eigenvalue weighted by Crippen LogP contribution is 2.31. The first kappa shape index (κ1) is 13.3. The summed E-state index contributed by atoms with van der Waals surface area (Å²) in [4.78, 5) is 12.4. The second-order valence-corrected chi connectivity index (χ2v) is 4.86. The van der Waals surface area contributed by atoms with Crippen LogP contribution in [0.4, 0.5) is 0 Å². The molecule has 1 fully saturated rings. The highest BCUT2D eigenvalue weighted by Gasteiger charge is 2.28. The fourth-order valence-corrected chi connectivity index (χ4v) is 2.47. The monoisotopic (exact) mass is 292 g/mol. The Hall–Kier alpha value is -1.68. The zero-order valence-electron chi connectivity index (χ0n) is 10.7. The minimum absolute atomic E-state index is 0.0445. The second-order valence-electron chi connectivity index (χ2n) is 4.50. The molecule has 3 rings (SSSR count). The number of ether oxygens (including phenoxy) is 2. The van der Waals surface area contributed by atoms with E-state index in [0.29, 0.717) is 29.5 Å². The van der Waals surface area contributed by atoms with Crippen LogP contribution in [0.2, 0.25) is 5.15 Å². The molecule has 20 heavy (non-hydrogen) atoms. The molecule has 2 aromatic heterocycles. The Balaban J connectivity index is 1.73. The molecule has 7 heteroatoms. The van der Waals surface area contributed by atoms with E-state index in [1.54, 1.807) is 6.33 Å². The molecule has 0 N–H and O–H groups in total. The number of imidazole rings is 1. The summed E-state index contributed by atoms with van der Waals surface area (Å²) in [6.07, 6.45) is 9.96. The van der Waals surface area contributed by atoms with Crippen LogP contribution in [0.1, 0.15) is 19.1 Å². The van der Waals surface area contributed by atoms with Gasteiger partial charge in [-0.15, -0.1) is 6.42 Å². The van der Waals surface area contributed by atoms with Crippen molar-refractivity contribution in [3.05, 3.63) is 17.8 Å². The van der Waals surface area contributed by atoms with Crippen LogP contribution in [0, 0.1) is 12.3 Å². The lowest BCUT2D eigenvalue weighted by Gasteiger charge is -2.14. The summed E-state index contributed by atoms with van der Waals surface area (Å²) in [6, 6.07) is 0. The minimum Gasteiger partial charge on any atom is -0.366 e. The van der Waals surface area contributed by atoms with Crippen LogP contribution >= 0.6 is 11.6 Å². The maximum atomic E-state index is 5.98. The summed E-state index contributed by atoms with van der Waals surface area (Å²) >= 11 is 5.98. The van der Waals surface area contributed by atoms with Gasteiger partial charge in [-0.3, -0.25) is 4.57 Å². The van der Waals surface area contributed by atoms with Crippen LogP contribution < -0.4 is 0 Å². The fraction of sp³-hybridized carbons (Fsp3) is 0.462. The van der Waals surface area contributed by atoms with Crippen molar-refractivity contribution in [2.24, 2.45) is 0 Å². The van der Waals surface area contributed by atoms with Gasteiger partial charge < -0.3 is 9.47 Å². The molecule has 1 saturated heterocycles. The molecule has 0 unspecified atom stereocenters. The summed E-state index contributed by atoms with van der Waals surface area (Å²) in [5, 5.41) is 0.348. The lowest BCUT2D eigenvalue weighted by Crippen LogP contribution is -2.16. The Labute approximate surface area is 121 Å². The zero-order valence-corrected chi connectivity index (χ0v) is 11.5. The van der Waals surface area contributed by atoms with Gasteiger partial charge >= 0.3 is 0 Å². The van der Waals surface area contributed by atoms with E-state index in [-0.39, 0.29) is 12.3 Å². The molecule has 0 bridgehead atoms. The maximum Gasteiger partial charge on any atom is 0.166 e. The molecule has 104 valence electrons. The van der Waals surface area contributed by atoms with E-state index in [9.17, 15) is 0 Å². The van der Waals surface area contributed by atoms with E-state index in [2.05, 4.69) is 20.9 Å². The topological polar surface area (TPSA) is 62.1 Å². The summed E-state index contributed by atoms with van der Waals surface area (Å²) in [5.41, 5.74) is 1.27. The van der Waals surface area contributed by atoms with Gasteiger partial charge in [-0.05, 0) is 12.8 Å². The van der Waals surface area contributed by atoms with Crippen molar-refractivity contribution in [1.82, 2.24) is 19.5 Å². The molecule has 0 saturated carbocycles. The fourth-order valence-electron chi connectivity index (χ4n) is 2.30. The van der Waals surface area contributed by atoms with Crippen LogP contribution in [-0.4, -0.2) is 38.8 Å². The molecule has 1 aliphatic heterocycles. The number of hydrogen-bond acceptors (Lipinski definition) is 5. The predicted molar refractivity (Wildman–Crippen MR) is 73.1 cm³/mol. The van der Waals surface area contributed by atoms with Gasteiger partial charge in [-0.25, -0.2) is 15.0 Å². The van der Waals surface area contributed by atoms with E-state index in [1.807, 2.05) is 4.57 Å². The second kappa shape index (κ2) is 5.75. The number of fused-ring (bicyclic) bond motifs is 1. The molecule has 0 amide bonds. The Bertz CT molecular complexity index is 651. The molecule has 0 spiro atoms. The number of nitrogens with zero attached hydrogens (tertiary/aromatic N) is 4. The van der Waals surface area contributed by atoms with Crippen LogP contribution in [-0.2, 0) is 9.47 Å². The number of rotatable bonds is 4. The van der Waals surface area contributed by atoms with E-state index < -0.39 is 0 Å². The third-order valence-corrected chi connectivity index (χ3v) is 3.48. The maximum absolute atomic E-state index is 5.98. The van der Waals surface area contributed by atoms with E-state index in [4.69, 9.17) is 27.5 Å². The van der Waals surface area contributed by atoms with Crippen LogP contribution in [0.3, 0.4) is 0 Å². The molecule has 0 aliphatic carbocycles. The molecule has 3 heterocycles. The molecule has 0 radical (unpaired) electrons. The first-order valence-corrected chi connectivity index (χ1v) is 6.67. The normalized spacial score (nSPS) is 22.2. The standard InChI is InChI=1S/C13H13ClN4O2/c1-2-5-19-6-9-3-4-10(20-9)18-8-17-11-12(14)15-7-16-13(11)18/h1,7-10H,3-6H2/t9-,10+/m0/s1. The zero-order chi connectivity index (χ0) is 13.9. The number of halogens is 1. The van der Waals surface area contributed by atoms with Gasteiger partial charge in [0.05, 0.1) is 19.0 Å². The van der Waals surface area contributed by atoms with Crippen LogP contribution in [0.25, 0.3) is 11.2 Å². The molecule has 0 aromatic carbocycles. The van der Waals surface area contributed by atoms with Crippen molar-refractivity contribution >= 4 is 22.8 Å². The van der Waals surface area contributed by atoms with Crippen LogP contribution in [0.5, 0.6) is 0 Å². The lowest BCUT2D eigenvalue weighted by molar-refractivity contribution is -0.0346. The van der Waals surface area contributed by atoms with Crippen molar-refractivity contribution in [1.29, 1.82) is 0 Å². The summed E-state index contributed by atoms with van der Waals surface area (Å²) in [5.74, 6) is 2.44. The van der Waals surface area contributed by atoms with Gasteiger partial charge in [-0.2, -0.15) is 0 Å². The Morgan fingerprint density at radius 1 is 1.45 bits per heavy atom. The highest BCUT2D eigenvalue weighted by atomic mass is 35.5. The van der Waals surface area contributed by atoms with Gasteiger partial charge in [0.1, 0.15) is 24.7 Å². The van der Waals surface area contributed by atoms with E-state index in [1.165, 1.54) is 6.33 Å². The number of hydrogen-bond donors (Lipinski definition) is 0. The quantitative estimate of drug-likeness (QED) is 0.488. The Kier molecular flexibility index (Phi) is 3.83. The first-order valence-electron chi connectivity index (χ1n) is 6.29. The predicted octanol–water partition coefficient (Wildman–Crippen LogP) is 1.81. The first-order chi connectivity index (χ1) is 9.79. The number of aromatic nitrogens is 4. The molecule has 2 atom stereocenters. The third kappa shape index (κ3) is 2.48. The van der Waals surface area contributed by atoms with Crippen molar-refractivity contribution in [3.8, 4) is 12.3 Å². The van der Waals surface area contributed by atoms with Gasteiger partial charge in [0.2, 0.25) is 0 Å². The largest absolute Gasteiger partial charge is 0.366 e. The molecule has 6 nitrogen and oxygen atoms in total. The molecule has 2 aromatic rings. The molecular weight excluding hydrogens is 280 g/mol. The van der Waals surface area contributed by atoms with Gasteiger partial charge in [-0.1, -0.05) is 17.5 Å². The average molecular weight is 293 g/mol. The summed E-state index contributed by atoms with van der Waals surface area (Å²) < 4.78 is 13.1. The van der Waals surface area contributed by atoms with Gasteiger partial charge in [0, 0.05) is 0 Å². The van der Waals surface area contributed by atoms with Gasteiger partial charge in [0.15, 0.2) is 10.8 Å². The third-order valence-electron chi connectivity index (χ3n) is 3.20. The average Bonchev–Trinajstić information content (AvgIpc) is 3.06. The lowest BCUT2D eigenvalue weighted by atomic mass is 10.2. The van der Waals surface area contributed by atoms with Crippen molar-refractivity contribution < 1.29 is 9.47 Å². The van der Waals surface area contributed by atoms with Crippen LogP contribution in [0.15, 0.2) is 12.7 Å². The minimum atomic E-state index is -0.106. The van der Waals surface area contributed by atoms with Crippen molar-refractivity contribution in [3.63, 3.8) is 0 Å². The van der Waals surface area contributed by atoms with E-state index in [0.717, 1.165) is 12.8 Å². The molecular formula is C13H13ClN4O2. The Morgan fingerprint density at radius 2 is 2.35 bits per heavy atom. The molecule has 1 aliphatic rings. The smallest absolute Gasteiger partial charge is 0.166 e. The van der Waals surface area contributed by atoms with Crippen molar-refractivity contribution in [2.45, 2.75) is 25.2 Å². The Morgan fingerprint density at radius 3 is 3.20 bits per heavy atom. The summed E-state index contributed by atoms with van der Waals surface area (Å²) in [7, 11) is 0. The van der Waals surface area contributed by atoms with Gasteiger partial charge in [0.25, 0.3) is 0 Å². The number of terminal acetylenes is 1. The summed E-state index contributed by atoms with van der Waals surface area (Å²) in [6.45, 7) is 0.810. The van der Waals surface area contributed by atoms with Crippen molar-refractivity contribution in [2.75, 3.05) is 13.2 Å². The van der Waals surface area contributed by atoms with E-state index >= 15 is 0 Å². The SMILES string of the molecule is C#CCOC[C@@H]1CC[C@H](n2cnc3c(Cl)ncnc32)O1.